The zero-order chi connectivity index (χ0) is 10.8. The number of methoxy groups -OCH3 is 1. The van der Waals surface area contributed by atoms with Crippen LogP contribution in [0.1, 0.15) is 27.2 Å². The van der Waals surface area contributed by atoms with Crippen LogP contribution in [0.5, 0.6) is 0 Å². The van der Waals surface area contributed by atoms with Crippen molar-refractivity contribution < 1.29 is 4.74 Å². The van der Waals surface area contributed by atoms with Gasteiger partial charge in [-0.05, 0) is 26.8 Å². The highest BCUT2D eigenvalue weighted by Gasteiger charge is 2.07. The molecular weight excluding hydrogens is 176 g/mol. The van der Waals surface area contributed by atoms with Crippen molar-refractivity contribution in [3.8, 4) is 0 Å². The van der Waals surface area contributed by atoms with Crippen LogP contribution in [0.3, 0.4) is 0 Å². The summed E-state index contributed by atoms with van der Waals surface area (Å²) < 4.78 is 5.09. The van der Waals surface area contributed by atoms with E-state index in [9.17, 15) is 0 Å². The number of hydrogen-bond acceptors (Lipinski definition) is 3. The van der Waals surface area contributed by atoms with Crippen molar-refractivity contribution in [2.45, 2.75) is 33.2 Å². The molecule has 0 spiro atoms. The summed E-state index contributed by atoms with van der Waals surface area (Å²) in [5.74, 6) is 0. The SMILES string of the molecule is CCCNCCN(CCOC)C(C)C. The Bertz CT molecular complexity index is 118. The van der Waals surface area contributed by atoms with E-state index >= 15 is 0 Å². The van der Waals surface area contributed by atoms with Crippen LogP contribution < -0.4 is 5.32 Å². The first-order valence-corrected chi connectivity index (χ1v) is 5.66. The Morgan fingerprint density at radius 2 is 1.93 bits per heavy atom. The summed E-state index contributed by atoms with van der Waals surface area (Å²) in [7, 11) is 1.76. The summed E-state index contributed by atoms with van der Waals surface area (Å²) >= 11 is 0. The molecule has 0 aliphatic carbocycles. The van der Waals surface area contributed by atoms with E-state index in [-0.39, 0.29) is 0 Å². The molecule has 0 aromatic heterocycles. The van der Waals surface area contributed by atoms with E-state index in [1.807, 2.05) is 0 Å². The third kappa shape index (κ3) is 7.30. The molecule has 0 heterocycles. The smallest absolute Gasteiger partial charge is 0.0589 e. The third-order valence-electron chi connectivity index (χ3n) is 2.32. The van der Waals surface area contributed by atoms with Crippen LogP contribution in [0.15, 0.2) is 0 Å². The largest absolute Gasteiger partial charge is 0.383 e. The van der Waals surface area contributed by atoms with E-state index in [0.717, 1.165) is 32.8 Å². The summed E-state index contributed by atoms with van der Waals surface area (Å²) in [5.41, 5.74) is 0. The van der Waals surface area contributed by atoms with Gasteiger partial charge in [0.25, 0.3) is 0 Å². The van der Waals surface area contributed by atoms with E-state index in [2.05, 4.69) is 31.0 Å². The van der Waals surface area contributed by atoms with Gasteiger partial charge in [0, 0.05) is 32.8 Å². The fourth-order valence-corrected chi connectivity index (χ4v) is 1.36. The molecule has 0 radical (unpaired) electrons. The maximum absolute atomic E-state index is 5.09. The first-order chi connectivity index (χ1) is 6.72. The molecule has 1 N–H and O–H groups in total. The second-order valence-corrected chi connectivity index (χ2v) is 3.87. The summed E-state index contributed by atoms with van der Waals surface area (Å²) in [6, 6.07) is 0.605. The van der Waals surface area contributed by atoms with Crippen LogP contribution in [0.4, 0.5) is 0 Å². The van der Waals surface area contributed by atoms with Gasteiger partial charge >= 0.3 is 0 Å². The third-order valence-corrected chi connectivity index (χ3v) is 2.32. The molecule has 0 aliphatic rings. The van der Waals surface area contributed by atoms with Crippen LogP contribution in [-0.2, 0) is 4.74 Å². The van der Waals surface area contributed by atoms with E-state index in [1.54, 1.807) is 7.11 Å². The topological polar surface area (TPSA) is 24.5 Å². The first-order valence-electron chi connectivity index (χ1n) is 5.66. The van der Waals surface area contributed by atoms with Crippen molar-refractivity contribution in [3.63, 3.8) is 0 Å². The minimum absolute atomic E-state index is 0.605. The molecule has 0 atom stereocenters. The molecule has 0 amide bonds. The highest BCUT2D eigenvalue weighted by Crippen LogP contribution is 1.96. The van der Waals surface area contributed by atoms with Gasteiger partial charge in [-0.3, -0.25) is 4.90 Å². The van der Waals surface area contributed by atoms with E-state index in [1.165, 1.54) is 6.42 Å². The molecular formula is C11H26N2O. The normalized spacial score (nSPS) is 11.6. The molecule has 0 bridgehead atoms. The predicted molar refractivity (Wildman–Crippen MR) is 61.7 cm³/mol. The summed E-state index contributed by atoms with van der Waals surface area (Å²) in [5, 5.41) is 3.41. The van der Waals surface area contributed by atoms with Gasteiger partial charge in [0.1, 0.15) is 0 Å². The maximum atomic E-state index is 5.09. The lowest BCUT2D eigenvalue weighted by molar-refractivity contribution is 0.130. The molecule has 0 saturated heterocycles. The average molecular weight is 202 g/mol. The van der Waals surface area contributed by atoms with Crippen molar-refractivity contribution in [2.24, 2.45) is 0 Å². The van der Waals surface area contributed by atoms with Gasteiger partial charge in [0.2, 0.25) is 0 Å². The molecule has 0 rings (SSSR count). The highest BCUT2D eigenvalue weighted by molar-refractivity contribution is 4.63. The van der Waals surface area contributed by atoms with Gasteiger partial charge in [-0.1, -0.05) is 6.92 Å². The van der Waals surface area contributed by atoms with E-state index in [4.69, 9.17) is 4.74 Å². The molecule has 86 valence electrons. The molecule has 0 fully saturated rings. The van der Waals surface area contributed by atoms with Crippen molar-refractivity contribution in [1.29, 1.82) is 0 Å². The molecule has 0 aliphatic heterocycles. The lowest BCUT2D eigenvalue weighted by Gasteiger charge is -2.26. The average Bonchev–Trinajstić information content (AvgIpc) is 2.16. The second kappa shape index (κ2) is 9.44. The first kappa shape index (κ1) is 13.9. The van der Waals surface area contributed by atoms with E-state index in [0.29, 0.717) is 6.04 Å². The minimum atomic E-state index is 0.605. The van der Waals surface area contributed by atoms with Crippen molar-refractivity contribution >= 4 is 0 Å². The Labute approximate surface area is 88.8 Å². The van der Waals surface area contributed by atoms with Crippen LogP contribution in [0.25, 0.3) is 0 Å². The van der Waals surface area contributed by atoms with E-state index < -0.39 is 0 Å². The Kier molecular flexibility index (Phi) is 9.35. The standard InChI is InChI=1S/C11H26N2O/c1-5-6-12-7-8-13(11(2)3)9-10-14-4/h11-12H,5-10H2,1-4H3. The number of hydrogen-bond donors (Lipinski definition) is 1. The van der Waals surface area contributed by atoms with Gasteiger partial charge in [0.05, 0.1) is 6.61 Å². The summed E-state index contributed by atoms with van der Waals surface area (Å²) in [6.07, 6.45) is 1.21. The molecule has 14 heavy (non-hydrogen) atoms. The number of ether oxygens (including phenoxy) is 1. The maximum Gasteiger partial charge on any atom is 0.0589 e. The fourth-order valence-electron chi connectivity index (χ4n) is 1.36. The summed E-state index contributed by atoms with van der Waals surface area (Å²) in [4.78, 5) is 2.44. The quantitative estimate of drug-likeness (QED) is 0.571. The van der Waals surface area contributed by atoms with Gasteiger partial charge in [0.15, 0.2) is 0 Å². The second-order valence-electron chi connectivity index (χ2n) is 3.87. The van der Waals surface area contributed by atoms with Crippen LogP contribution in [0, 0.1) is 0 Å². The van der Waals surface area contributed by atoms with Crippen molar-refractivity contribution in [3.05, 3.63) is 0 Å². The van der Waals surface area contributed by atoms with Gasteiger partial charge < -0.3 is 10.1 Å². The lowest BCUT2D eigenvalue weighted by atomic mass is 10.3. The molecule has 3 nitrogen and oxygen atoms in total. The molecule has 0 saturated carbocycles. The summed E-state index contributed by atoms with van der Waals surface area (Å²) in [6.45, 7) is 11.8. The zero-order valence-electron chi connectivity index (χ0n) is 10.2. The van der Waals surface area contributed by atoms with Crippen LogP contribution in [0.2, 0.25) is 0 Å². The highest BCUT2D eigenvalue weighted by atomic mass is 16.5. The zero-order valence-corrected chi connectivity index (χ0v) is 10.2. The van der Waals surface area contributed by atoms with Crippen molar-refractivity contribution in [1.82, 2.24) is 10.2 Å². The van der Waals surface area contributed by atoms with Crippen molar-refractivity contribution in [2.75, 3.05) is 39.9 Å². The minimum Gasteiger partial charge on any atom is -0.383 e. The molecule has 0 unspecified atom stereocenters. The molecule has 0 aromatic rings. The van der Waals surface area contributed by atoms with Gasteiger partial charge in [-0.15, -0.1) is 0 Å². The fraction of sp³-hybridized carbons (Fsp3) is 1.00. The monoisotopic (exact) mass is 202 g/mol. The molecule has 3 heteroatoms. The van der Waals surface area contributed by atoms with Gasteiger partial charge in [-0.2, -0.15) is 0 Å². The number of nitrogens with one attached hydrogen (secondary N) is 1. The van der Waals surface area contributed by atoms with Crippen LogP contribution >= 0.6 is 0 Å². The Hall–Kier alpha value is -0.120. The van der Waals surface area contributed by atoms with Gasteiger partial charge in [-0.25, -0.2) is 0 Å². The Balaban J connectivity index is 3.52. The Morgan fingerprint density at radius 3 is 2.43 bits per heavy atom. The Morgan fingerprint density at radius 1 is 1.21 bits per heavy atom. The number of nitrogens with zero attached hydrogens (tertiary/aromatic N) is 1. The lowest BCUT2D eigenvalue weighted by Crippen LogP contribution is -2.39. The molecule has 0 aromatic carbocycles. The van der Waals surface area contributed by atoms with Crippen LogP contribution in [-0.4, -0.2) is 50.8 Å². The predicted octanol–water partition coefficient (Wildman–Crippen LogP) is 1.34. The number of rotatable bonds is 9.